The number of hydrogen-bond acceptors (Lipinski definition) is 6. The third kappa shape index (κ3) is 4.84. The van der Waals surface area contributed by atoms with Crippen LogP contribution in [0.1, 0.15) is 12.0 Å². The molecule has 1 aliphatic rings. The molecule has 2 amide bonds. The molecule has 0 unspecified atom stereocenters. The number of hydrogen-bond donors (Lipinski definition) is 3. The number of nitrogens with zero attached hydrogens (tertiary/aromatic N) is 3. The number of primary amides is 1. The maximum absolute atomic E-state index is 12.0. The predicted molar refractivity (Wildman–Crippen MR) is 90.4 cm³/mol. The van der Waals surface area contributed by atoms with Gasteiger partial charge in [0.25, 0.3) is 0 Å². The minimum atomic E-state index is -5.08. The number of benzene rings is 1. The van der Waals surface area contributed by atoms with Crippen molar-refractivity contribution in [3.63, 3.8) is 0 Å². The summed E-state index contributed by atoms with van der Waals surface area (Å²) in [6, 6.07) is 5.59. The smallest absolute Gasteiger partial charge is 0.475 e. The normalized spacial score (nSPS) is 16.6. The lowest BCUT2D eigenvalue weighted by molar-refractivity contribution is -0.192. The number of carboxylic acid groups (broad SMARTS) is 1. The van der Waals surface area contributed by atoms with E-state index in [1.807, 2.05) is 18.2 Å². The van der Waals surface area contributed by atoms with Crippen LogP contribution in [0, 0.1) is 5.92 Å². The molecular formula is C16H16F3N5O4. The van der Waals surface area contributed by atoms with E-state index in [4.69, 9.17) is 21.4 Å². The van der Waals surface area contributed by atoms with Crippen LogP contribution in [0.5, 0.6) is 0 Å². The minimum absolute atomic E-state index is 0.204. The zero-order valence-corrected chi connectivity index (χ0v) is 14.3. The summed E-state index contributed by atoms with van der Waals surface area (Å²) in [5, 5.41) is 7.91. The van der Waals surface area contributed by atoms with Gasteiger partial charge in [-0.2, -0.15) is 13.2 Å². The van der Waals surface area contributed by atoms with Gasteiger partial charge < -0.3 is 21.5 Å². The first-order chi connectivity index (χ1) is 13.0. The maximum Gasteiger partial charge on any atom is 0.490 e. The van der Waals surface area contributed by atoms with Crippen LogP contribution < -0.4 is 11.5 Å². The molecule has 1 aromatic heterocycles. The van der Waals surface area contributed by atoms with Gasteiger partial charge in [0.2, 0.25) is 11.8 Å². The SMILES string of the molecule is NC(=O)[C@@H]1CCN(Cc2ccc3c(N)ncnc3c2)C1=O.O=C(O)C(F)(F)F. The van der Waals surface area contributed by atoms with E-state index >= 15 is 0 Å². The van der Waals surface area contributed by atoms with Gasteiger partial charge in [0, 0.05) is 18.5 Å². The number of likely N-dealkylation sites (tertiary alicyclic amines) is 1. The number of nitrogens with two attached hydrogens (primary N) is 2. The number of fused-ring (bicyclic) bond motifs is 1. The molecule has 0 saturated carbocycles. The van der Waals surface area contributed by atoms with Crippen molar-refractivity contribution in [2.75, 3.05) is 12.3 Å². The summed E-state index contributed by atoms with van der Waals surface area (Å²) in [6.07, 6.45) is -3.19. The van der Waals surface area contributed by atoms with E-state index in [1.54, 1.807) is 4.90 Å². The second kappa shape index (κ2) is 8.06. The fourth-order valence-corrected chi connectivity index (χ4v) is 2.60. The molecule has 0 bridgehead atoms. The third-order valence-corrected chi connectivity index (χ3v) is 3.99. The highest BCUT2D eigenvalue weighted by atomic mass is 19.4. The van der Waals surface area contributed by atoms with Crippen molar-refractivity contribution >= 4 is 34.5 Å². The molecule has 9 nitrogen and oxygen atoms in total. The average molecular weight is 399 g/mol. The molecular weight excluding hydrogens is 383 g/mol. The molecule has 2 heterocycles. The van der Waals surface area contributed by atoms with Crippen molar-refractivity contribution in [2.45, 2.75) is 19.1 Å². The predicted octanol–water partition coefficient (Wildman–Crippen LogP) is 0.679. The highest BCUT2D eigenvalue weighted by Crippen LogP contribution is 2.23. The van der Waals surface area contributed by atoms with Gasteiger partial charge >= 0.3 is 12.1 Å². The molecule has 1 aromatic carbocycles. The number of nitrogen functional groups attached to an aromatic ring is 1. The molecule has 28 heavy (non-hydrogen) atoms. The molecule has 1 aliphatic heterocycles. The largest absolute Gasteiger partial charge is 0.490 e. The van der Waals surface area contributed by atoms with Crippen LogP contribution in [0.15, 0.2) is 24.5 Å². The molecule has 150 valence electrons. The summed E-state index contributed by atoms with van der Waals surface area (Å²) in [5.41, 5.74) is 12.7. The van der Waals surface area contributed by atoms with Crippen LogP contribution in [0.2, 0.25) is 0 Å². The van der Waals surface area contributed by atoms with Crippen molar-refractivity contribution in [3.05, 3.63) is 30.1 Å². The first kappa shape index (κ1) is 20.9. The molecule has 1 saturated heterocycles. The van der Waals surface area contributed by atoms with E-state index in [1.165, 1.54) is 6.33 Å². The Morgan fingerprint density at radius 2 is 1.93 bits per heavy atom. The highest BCUT2D eigenvalue weighted by Gasteiger charge is 2.38. The van der Waals surface area contributed by atoms with E-state index in [9.17, 15) is 22.8 Å². The fourth-order valence-electron chi connectivity index (χ4n) is 2.60. The van der Waals surface area contributed by atoms with Gasteiger partial charge in [0.1, 0.15) is 18.1 Å². The zero-order valence-electron chi connectivity index (χ0n) is 14.3. The molecule has 0 aliphatic carbocycles. The first-order valence-electron chi connectivity index (χ1n) is 7.88. The lowest BCUT2D eigenvalue weighted by Crippen LogP contribution is -2.33. The topological polar surface area (TPSA) is 152 Å². The lowest BCUT2D eigenvalue weighted by Gasteiger charge is -2.16. The van der Waals surface area contributed by atoms with Crippen molar-refractivity contribution in [1.82, 2.24) is 14.9 Å². The first-order valence-corrected chi connectivity index (χ1v) is 7.88. The van der Waals surface area contributed by atoms with E-state index in [0.717, 1.165) is 16.5 Å². The number of carbonyl (C=O) groups is 3. The zero-order chi connectivity index (χ0) is 21.1. The van der Waals surface area contributed by atoms with Gasteiger partial charge in [-0.25, -0.2) is 14.8 Å². The Hall–Kier alpha value is -3.44. The number of aliphatic carboxylic acids is 1. The molecule has 1 atom stereocenters. The van der Waals surface area contributed by atoms with E-state index in [-0.39, 0.29) is 5.91 Å². The minimum Gasteiger partial charge on any atom is -0.475 e. The number of halogens is 3. The monoisotopic (exact) mass is 399 g/mol. The van der Waals surface area contributed by atoms with Gasteiger partial charge in [-0.15, -0.1) is 0 Å². The Morgan fingerprint density at radius 1 is 1.29 bits per heavy atom. The Bertz CT molecular complexity index is 919. The van der Waals surface area contributed by atoms with Crippen LogP contribution in [0.25, 0.3) is 10.9 Å². The summed E-state index contributed by atoms with van der Waals surface area (Å²) >= 11 is 0. The molecule has 0 radical (unpaired) electrons. The van der Waals surface area contributed by atoms with Crippen molar-refractivity contribution < 1.29 is 32.7 Å². The van der Waals surface area contributed by atoms with Crippen LogP contribution >= 0.6 is 0 Å². The van der Waals surface area contributed by atoms with Crippen LogP contribution in [0.3, 0.4) is 0 Å². The van der Waals surface area contributed by atoms with Gasteiger partial charge in [-0.3, -0.25) is 9.59 Å². The summed E-state index contributed by atoms with van der Waals surface area (Å²) in [4.78, 5) is 41.9. The fraction of sp³-hybridized carbons (Fsp3) is 0.312. The number of carboxylic acids is 1. The summed E-state index contributed by atoms with van der Waals surface area (Å²) in [6.45, 7) is 0.971. The summed E-state index contributed by atoms with van der Waals surface area (Å²) in [7, 11) is 0. The molecule has 5 N–H and O–H groups in total. The third-order valence-electron chi connectivity index (χ3n) is 3.99. The number of carbonyl (C=O) groups excluding carboxylic acids is 2. The number of rotatable bonds is 3. The maximum atomic E-state index is 12.0. The number of alkyl halides is 3. The van der Waals surface area contributed by atoms with E-state index in [2.05, 4.69) is 9.97 Å². The average Bonchev–Trinajstić information content (AvgIpc) is 2.95. The summed E-state index contributed by atoms with van der Waals surface area (Å²) in [5.74, 6) is -3.78. The van der Waals surface area contributed by atoms with E-state index < -0.39 is 24.0 Å². The highest BCUT2D eigenvalue weighted by molar-refractivity contribution is 6.00. The number of anilines is 1. The Morgan fingerprint density at radius 3 is 2.46 bits per heavy atom. The van der Waals surface area contributed by atoms with Crippen LogP contribution in [-0.2, 0) is 20.9 Å². The Kier molecular flexibility index (Phi) is 6.01. The molecule has 3 rings (SSSR count). The quantitative estimate of drug-likeness (QED) is 0.642. The Labute approximate surface area is 156 Å². The van der Waals surface area contributed by atoms with Crippen LogP contribution in [0.4, 0.5) is 19.0 Å². The number of amides is 2. The van der Waals surface area contributed by atoms with Crippen LogP contribution in [-0.4, -0.2) is 50.5 Å². The van der Waals surface area contributed by atoms with E-state index in [0.29, 0.717) is 25.3 Å². The molecule has 0 spiro atoms. The van der Waals surface area contributed by atoms with Gasteiger partial charge in [-0.05, 0) is 24.1 Å². The van der Waals surface area contributed by atoms with Gasteiger partial charge in [0.05, 0.1) is 5.52 Å². The molecule has 2 aromatic rings. The van der Waals surface area contributed by atoms with Crippen molar-refractivity contribution in [3.8, 4) is 0 Å². The standard InChI is InChI=1S/C14H15N5O2.C2HF3O2/c15-12-9-2-1-8(5-11(9)17-7-18-12)6-19-4-3-10(13(16)20)14(19)21;3-2(4,5)1(6)7/h1-2,5,7,10H,3-4,6H2,(H2,16,20)(H2,15,17,18);(H,6,7)/t10-;/m0./s1. The molecule has 12 heteroatoms. The number of aromatic nitrogens is 2. The Balaban J connectivity index is 0.000000345. The molecule has 1 fully saturated rings. The van der Waals surface area contributed by atoms with Crippen molar-refractivity contribution in [2.24, 2.45) is 11.7 Å². The van der Waals surface area contributed by atoms with Gasteiger partial charge in [0.15, 0.2) is 0 Å². The van der Waals surface area contributed by atoms with Gasteiger partial charge in [-0.1, -0.05) is 6.07 Å². The second-order valence-corrected chi connectivity index (χ2v) is 5.92. The summed E-state index contributed by atoms with van der Waals surface area (Å²) < 4.78 is 31.7. The lowest BCUT2D eigenvalue weighted by atomic mass is 10.1. The van der Waals surface area contributed by atoms with Crippen molar-refractivity contribution in [1.29, 1.82) is 0 Å². The second-order valence-electron chi connectivity index (χ2n) is 5.92.